The van der Waals surface area contributed by atoms with E-state index in [9.17, 15) is 14.0 Å². The Labute approximate surface area is 271 Å². The van der Waals surface area contributed by atoms with Crippen molar-refractivity contribution in [1.29, 1.82) is 0 Å². The number of ether oxygens (including phenoxy) is 3. The molecule has 3 aromatic rings. The molecule has 240 valence electrons. The van der Waals surface area contributed by atoms with Gasteiger partial charge in [0.15, 0.2) is 11.6 Å². The molecule has 2 atom stereocenters. The minimum absolute atomic E-state index is 0.00464. The largest absolute Gasteiger partial charge is 0.494 e. The van der Waals surface area contributed by atoms with Crippen LogP contribution in [0, 0.1) is 5.82 Å². The van der Waals surface area contributed by atoms with Gasteiger partial charge in [0, 0.05) is 36.0 Å². The van der Waals surface area contributed by atoms with Gasteiger partial charge in [-0.15, -0.1) is 0 Å². The highest BCUT2D eigenvalue weighted by Gasteiger charge is 2.53. The molecule has 3 N–H and O–H groups in total. The van der Waals surface area contributed by atoms with Gasteiger partial charge in [-0.05, 0) is 87.2 Å². The molecular formula is C34H39BrFN3O6. The molecular weight excluding hydrogens is 645 g/mol. The van der Waals surface area contributed by atoms with Gasteiger partial charge in [0.25, 0.3) is 5.91 Å². The number of aliphatic hydroxyl groups excluding tert-OH is 1. The van der Waals surface area contributed by atoms with Crippen LogP contribution < -0.4 is 15.6 Å². The summed E-state index contributed by atoms with van der Waals surface area (Å²) < 4.78 is 32.6. The first-order valence-corrected chi connectivity index (χ1v) is 15.6. The lowest BCUT2D eigenvalue weighted by Gasteiger charge is -2.31. The summed E-state index contributed by atoms with van der Waals surface area (Å²) in [6, 6.07) is 20.9. The molecule has 0 unspecified atom stereocenters. The van der Waals surface area contributed by atoms with Gasteiger partial charge in [0.2, 0.25) is 5.90 Å². The number of benzene rings is 3. The highest BCUT2D eigenvalue weighted by molar-refractivity contribution is 9.10. The van der Waals surface area contributed by atoms with E-state index in [4.69, 9.17) is 24.3 Å². The Hall–Kier alpha value is -3.80. The first-order chi connectivity index (χ1) is 21.5. The van der Waals surface area contributed by atoms with Crippen LogP contribution in [-0.4, -0.2) is 53.8 Å². The van der Waals surface area contributed by atoms with Crippen molar-refractivity contribution in [1.82, 2.24) is 10.9 Å². The van der Waals surface area contributed by atoms with E-state index in [1.54, 1.807) is 63.2 Å². The van der Waals surface area contributed by atoms with E-state index in [2.05, 4.69) is 26.8 Å². The second-order valence-electron chi connectivity index (χ2n) is 11.6. The average molecular weight is 685 g/mol. The van der Waals surface area contributed by atoms with Gasteiger partial charge in [-0.1, -0.05) is 46.3 Å². The Kier molecular flexibility index (Phi) is 11.7. The van der Waals surface area contributed by atoms with Crippen molar-refractivity contribution in [2.45, 2.75) is 63.7 Å². The zero-order valence-electron chi connectivity index (χ0n) is 25.6. The monoisotopic (exact) mass is 683 g/mol. The smallest absolute Gasteiger partial charge is 0.306 e. The third kappa shape index (κ3) is 9.35. The molecule has 0 spiro atoms. The predicted molar refractivity (Wildman–Crippen MR) is 172 cm³/mol. The van der Waals surface area contributed by atoms with Crippen LogP contribution in [0.4, 0.5) is 4.39 Å². The van der Waals surface area contributed by atoms with Gasteiger partial charge in [-0.2, -0.15) is 0 Å². The first kappa shape index (κ1) is 34.1. The van der Waals surface area contributed by atoms with Crippen molar-refractivity contribution in [2.24, 2.45) is 4.99 Å². The molecule has 45 heavy (non-hydrogen) atoms. The minimum atomic E-state index is -1.55. The highest BCUT2D eigenvalue weighted by atomic mass is 79.9. The lowest BCUT2D eigenvalue weighted by atomic mass is 9.83. The average Bonchev–Trinajstić information content (AvgIpc) is 3.40. The lowest BCUT2D eigenvalue weighted by molar-refractivity contribution is -0.155. The predicted octanol–water partition coefficient (Wildman–Crippen LogP) is 5.59. The van der Waals surface area contributed by atoms with Crippen LogP contribution in [0.2, 0.25) is 0 Å². The van der Waals surface area contributed by atoms with Crippen molar-refractivity contribution >= 4 is 33.7 Å². The first-order valence-electron chi connectivity index (χ1n) is 14.9. The van der Waals surface area contributed by atoms with Gasteiger partial charge >= 0.3 is 5.97 Å². The quantitative estimate of drug-likeness (QED) is 0.115. The summed E-state index contributed by atoms with van der Waals surface area (Å²) >= 11 is 3.46. The number of nitrogens with one attached hydrogen (secondary N) is 2. The van der Waals surface area contributed by atoms with E-state index in [0.717, 1.165) is 4.47 Å². The number of halogens is 2. The molecule has 1 heterocycles. The summed E-state index contributed by atoms with van der Waals surface area (Å²) in [6.07, 6.45) is -0.126. The second kappa shape index (κ2) is 15.5. The third-order valence-electron chi connectivity index (χ3n) is 7.01. The van der Waals surface area contributed by atoms with Crippen LogP contribution in [0.5, 0.6) is 5.75 Å². The molecule has 0 aliphatic carbocycles. The molecule has 0 saturated carbocycles. The highest BCUT2D eigenvalue weighted by Crippen LogP contribution is 2.43. The minimum Gasteiger partial charge on any atom is -0.494 e. The summed E-state index contributed by atoms with van der Waals surface area (Å²) in [6.45, 7) is 6.01. The molecule has 11 heteroatoms. The zero-order valence-corrected chi connectivity index (χ0v) is 27.2. The number of hydrazine groups is 1. The Bertz CT molecular complexity index is 1480. The Balaban J connectivity index is 1.64. The van der Waals surface area contributed by atoms with Crippen molar-refractivity contribution < 1.29 is 33.3 Å². The molecule has 0 bridgehead atoms. The second-order valence-corrected chi connectivity index (χ2v) is 12.6. The Morgan fingerprint density at radius 2 is 1.78 bits per heavy atom. The molecule has 9 nitrogen and oxygen atoms in total. The fourth-order valence-electron chi connectivity index (χ4n) is 4.84. The SMILES string of the molecule is CC(C)(C)OC(=O)CC[C@]1(C(=O)NNCCc2ccccc2F)N=C(c2ccc(OCCCO)cc2)O[C@H]1c1ccc(Br)cc1. The molecule has 0 aromatic heterocycles. The molecule has 1 aliphatic rings. The molecule has 0 radical (unpaired) electrons. The molecule has 0 saturated heterocycles. The maximum atomic E-state index is 14.1. The number of aliphatic hydroxyl groups is 1. The summed E-state index contributed by atoms with van der Waals surface area (Å²) in [5.74, 6) is -0.451. The van der Waals surface area contributed by atoms with Crippen molar-refractivity contribution in [3.05, 3.63) is 99.8 Å². The van der Waals surface area contributed by atoms with E-state index in [-0.39, 0.29) is 37.7 Å². The van der Waals surface area contributed by atoms with Crippen molar-refractivity contribution in [2.75, 3.05) is 19.8 Å². The number of esters is 1. The summed E-state index contributed by atoms with van der Waals surface area (Å²) in [4.78, 5) is 31.9. The fraction of sp³-hybridized carbons (Fsp3) is 0.382. The van der Waals surface area contributed by atoms with Gasteiger partial charge in [-0.25, -0.2) is 14.8 Å². The number of hydrogen-bond acceptors (Lipinski definition) is 8. The maximum absolute atomic E-state index is 14.1. The number of hydrogen-bond donors (Lipinski definition) is 3. The van der Waals surface area contributed by atoms with Crippen molar-refractivity contribution in [3.63, 3.8) is 0 Å². The van der Waals surface area contributed by atoms with Crippen LogP contribution >= 0.6 is 15.9 Å². The molecule has 1 amide bonds. The third-order valence-corrected chi connectivity index (χ3v) is 7.54. The molecule has 1 aliphatic heterocycles. The van der Waals surface area contributed by atoms with Gasteiger partial charge in [0.05, 0.1) is 6.61 Å². The van der Waals surface area contributed by atoms with Gasteiger partial charge < -0.3 is 19.3 Å². The van der Waals surface area contributed by atoms with Gasteiger partial charge in [-0.3, -0.25) is 15.0 Å². The summed E-state index contributed by atoms with van der Waals surface area (Å²) in [5, 5.41) is 9.03. The van der Waals surface area contributed by atoms with E-state index < -0.39 is 29.1 Å². The number of aliphatic imine (C=N–C) groups is 1. The summed E-state index contributed by atoms with van der Waals surface area (Å²) in [5.41, 5.74) is 5.22. The number of carbonyl (C=O) groups excluding carboxylic acids is 2. The Morgan fingerprint density at radius 3 is 2.44 bits per heavy atom. The number of amides is 1. The molecule has 0 fully saturated rings. The molecule has 3 aromatic carbocycles. The van der Waals surface area contributed by atoms with Gasteiger partial charge in [0.1, 0.15) is 17.2 Å². The summed E-state index contributed by atoms with van der Waals surface area (Å²) in [7, 11) is 0. The van der Waals surface area contributed by atoms with E-state index in [1.165, 1.54) is 6.07 Å². The fourth-order valence-corrected chi connectivity index (χ4v) is 5.11. The normalized spacial score (nSPS) is 17.7. The van der Waals surface area contributed by atoms with E-state index >= 15 is 0 Å². The zero-order chi connectivity index (χ0) is 32.5. The van der Waals surface area contributed by atoms with Crippen LogP contribution in [-0.2, 0) is 25.5 Å². The van der Waals surface area contributed by atoms with Crippen LogP contribution in [0.1, 0.15) is 62.8 Å². The van der Waals surface area contributed by atoms with Crippen LogP contribution in [0.15, 0.2) is 82.3 Å². The van der Waals surface area contributed by atoms with E-state index in [1.807, 2.05) is 24.3 Å². The van der Waals surface area contributed by atoms with Crippen LogP contribution in [0.25, 0.3) is 0 Å². The topological polar surface area (TPSA) is 118 Å². The number of nitrogens with zero attached hydrogens (tertiary/aromatic N) is 1. The standard InChI is InChI=1S/C34H39BrFN3O6/c1-33(2,3)45-29(41)17-19-34(32(42)39-37-20-18-23-7-4-5-8-28(23)36)30(24-9-13-26(35)14-10-24)44-31(38-34)25-11-15-27(16-12-25)43-22-6-21-40/h4-5,7-16,30,37,40H,6,17-22H2,1-3H3,(H,39,42)/t30-,34-/m0/s1. The van der Waals surface area contributed by atoms with Crippen molar-refractivity contribution in [3.8, 4) is 5.75 Å². The molecule has 4 rings (SSSR count). The lowest BCUT2D eigenvalue weighted by Crippen LogP contribution is -2.53. The number of carbonyl (C=O) groups is 2. The number of rotatable bonds is 14. The van der Waals surface area contributed by atoms with Crippen LogP contribution in [0.3, 0.4) is 0 Å². The Morgan fingerprint density at radius 1 is 1.07 bits per heavy atom. The van der Waals surface area contributed by atoms with E-state index in [0.29, 0.717) is 41.9 Å². The maximum Gasteiger partial charge on any atom is 0.306 e.